The predicted octanol–water partition coefficient (Wildman–Crippen LogP) is 6.78. The van der Waals surface area contributed by atoms with Crippen molar-refractivity contribution in [3.63, 3.8) is 0 Å². The topological polar surface area (TPSA) is 99.4 Å². The molecule has 0 aliphatic heterocycles. The number of carboxylic acids is 1. The lowest BCUT2D eigenvalue weighted by molar-refractivity contribution is -0.112. The first-order valence-electron chi connectivity index (χ1n) is 9.81. The minimum Gasteiger partial charge on any atom is -0.486 e. The first kappa shape index (κ1) is 25.1. The lowest BCUT2D eigenvalue weighted by Gasteiger charge is -2.12. The highest BCUT2D eigenvalue weighted by molar-refractivity contribution is 6.37. The maximum Gasteiger partial charge on any atom is 0.335 e. The number of rotatable bonds is 7. The van der Waals surface area contributed by atoms with Gasteiger partial charge in [-0.15, -0.1) is 0 Å². The normalized spacial score (nSPS) is 11.0. The van der Waals surface area contributed by atoms with Crippen LogP contribution >= 0.6 is 34.8 Å². The number of amides is 1. The smallest absolute Gasteiger partial charge is 0.335 e. The zero-order valence-electron chi connectivity index (χ0n) is 17.7. The van der Waals surface area contributed by atoms with Crippen molar-refractivity contribution in [2.24, 2.45) is 0 Å². The second-order valence-corrected chi connectivity index (χ2v) is 8.44. The summed E-state index contributed by atoms with van der Waals surface area (Å²) in [5.41, 5.74) is 2.45. The molecule has 9 heteroatoms. The van der Waals surface area contributed by atoms with Gasteiger partial charge in [0.15, 0.2) is 5.75 Å². The third-order valence-electron chi connectivity index (χ3n) is 4.73. The van der Waals surface area contributed by atoms with Crippen molar-refractivity contribution in [2.45, 2.75) is 13.5 Å². The van der Waals surface area contributed by atoms with Gasteiger partial charge in [-0.05, 0) is 66.1 Å². The van der Waals surface area contributed by atoms with Crippen molar-refractivity contribution in [1.82, 2.24) is 0 Å². The molecule has 0 fully saturated rings. The summed E-state index contributed by atoms with van der Waals surface area (Å²) in [7, 11) is 0. The molecule has 0 bridgehead atoms. The molecule has 1 amide bonds. The second kappa shape index (κ2) is 11.1. The summed E-state index contributed by atoms with van der Waals surface area (Å²) in [6.07, 6.45) is 1.36. The van der Waals surface area contributed by atoms with Crippen molar-refractivity contribution in [3.8, 4) is 11.8 Å². The molecular formula is C25H17Cl3N2O4. The van der Waals surface area contributed by atoms with E-state index in [9.17, 15) is 14.9 Å². The Morgan fingerprint density at radius 1 is 1.06 bits per heavy atom. The highest BCUT2D eigenvalue weighted by atomic mass is 35.5. The third kappa shape index (κ3) is 6.30. The van der Waals surface area contributed by atoms with Crippen LogP contribution in [0.15, 0.2) is 60.2 Å². The number of halogens is 3. The summed E-state index contributed by atoms with van der Waals surface area (Å²) in [6.45, 7) is 1.92. The number of aryl methyl sites for hydroxylation is 1. The van der Waals surface area contributed by atoms with E-state index in [1.165, 1.54) is 30.3 Å². The quantitative estimate of drug-likeness (QED) is 0.267. The zero-order chi connectivity index (χ0) is 24.8. The summed E-state index contributed by atoms with van der Waals surface area (Å²) in [6, 6.07) is 16.2. The van der Waals surface area contributed by atoms with Gasteiger partial charge in [0.25, 0.3) is 5.91 Å². The van der Waals surface area contributed by atoms with Gasteiger partial charge in [-0.25, -0.2) is 4.79 Å². The Kier molecular flexibility index (Phi) is 8.19. The van der Waals surface area contributed by atoms with Crippen LogP contribution < -0.4 is 10.1 Å². The van der Waals surface area contributed by atoms with Gasteiger partial charge in [0.2, 0.25) is 0 Å². The first-order valence-corrected chi connectivity index (χ1v) is 10.9. The monoisotopic (exact) mass is 514 g/mol. The fraction of sp³-hybridized carbons (Fsp3) is 0.0800. The fourth-order valence-corrected chi connectivity index (χ4v) is 3.72. The van der Waals surface area contributed by atoms with Gasteiger partial charge in [0.05, 0.1) is 15.6 Å². The number of hydrogen-bond donors (Lipinski definition) is 2. The van der Waals surface area contributed by atoms with Crippen LogP contribution in [0, 0.1) is 18.3 Å². The van der Waals surface area contributed by atoms with E-state index in [1.54, 1.807) is 37.3 Å². The molecule has 0 saturated heterocycles. The van der Waals surface area contributed by atoms with Gasteiger partial charge < -0.3 is 15.2 Å². The van der Waals surface area contributed by atoms with Gasteiger partial charge in [-0.2, -0.15) is 5.26 Å². The summed E-state index contributed by atoms with van der Waals surface area (Å²) in [5, 5.41) is 22.0. The van der Waals surface area contributed by atoms with Crippen LogP contribution in [0.5, 0.6) is 5.75 Å². The predicted molar refractivity (Wildman–Crippen MR) is 133 cm³/mol. The Morgan fingerprint density at radius 3 is 2.29 bits per heavy atom. The average molecular weight is 516 g/mol. The number of carbonyl (C=O) groups is 2. The van der Waals surface area contributed by atoms with Gasteiger partial charge in [0, 0.05) is 10.7 Å². The Bertz CT molecular complexity index is 1310. The summed E-state index contributed by atoms with van der Waals surface area (Å²) < 4.78 is 5.70. The van der Waals surface area contributed by atoms with Crippen LogP contribution in [0.1, 0.15) is 27.0 Å². The molecule has 0 spiro atoms. The Morgan fingerprint density at radius 2 is 1.71 bits per heavy atom. The van der Waals surface area contributed by atoms with Crippen LogP contribution in [0.4, 0.5) is 5.69 Å². The van der Waals surface area contributed by atoms with E-state index in [1.807, 2.05) is 6.07 Å². The summed E-state index contributed by atoms with van der Waals surface area (Å²) in [4.78, 5) is 23.6. The van der Waals surface area contributed by atoms with Crippen molar-refractivity contribution in [1.29, 1.82) is 5.26 Å². The number of benzene rings is 3. The number of ether oxygens (including phenoxy) is 1. The van der Waals surface area contributed by atoms with E-state index in [4.69, 9.17) is 44.6 Å². The molecular weight excluding hydrogens is 499 g/mol. The zero-order valence-corrected chi connectivity index (χ0v) is 20.0. The van der Waals surface area contributed by atoms with E-state index >= 15 is 0 Å². The molecule has 3 rings (SSSR count). The Balaban J connectivity index is 1.76. The number of aromatic carboxylic acids is 1. The molecule has 0 aliphatic rings. The van der Waals surface area contributed by atoms with Gasteiger partial charge in [-0.1, -0.05) is 53.0 Å². The van der Waals surface area contributed by atoms with Crippen LogP contribution in [0.3, 0.4) is 0 Å². The van der Waals surface area contributed by atoms with E-state index in [2.05, 4.69) is 5.32 Å². The van der Waals surface area contributed by atoms with Crippen molar-refractivity contribution >= 4 is 58.4 Å². The highest BCUT2D eigenvalue weighted by Gasteiger charge is 2.14. The molecule has 3 aromatic carbocycles. The fourth-order valence-electron chi connectivity index (χ4n) is 2.93. The lowest BCUT2D eigenvalue weighted by atomic mass is 10.1. The highest BCUT2D eigenvalue weighted by Crippen LogP contribution is 2.35. The number of carbonyl (C=O) groups excluding carboxylic acids is 1. The largest absolute Gasteiger partial charge is 0.486 e. The molecule has 0 saturated carbocycles. The third-order valence-corrected chi connectivity index (χ3v) is 5.53. The van der Waals surface area contributed by atoms with Crippen molar-refractivity contribution in [3.05, 3.63) is 97.5 Å². The molecule has 3 aromatic rings. The molecule has 0 heterocycles. The molecule has 2 N–H and O–H groups in total. The van der Waals surface area contributed by atoms with E-state index in [0.717, 1.165) is 11.1 Å². The van der Waals surface area contributed by atoms with E-state index in [-0.39, 0.29) is 33.5 Å². The lowest BCUT2D eigenvalue weighted by Crippen LogP contribution is -2.14. The minimum atomic E-state index is -1.02. The molecule has 0 unspecified atom stereocenters. The average Bonchev–Trinajstić information content (AvgIpc) is 2.79. The van der Waals surface area contributed by atoms with Crippen LogP contribution in [0.2, 0.25) is 15.1 Å². The standard InChI is InChI=1S/C25H17Cl3N2O4/c1-14-2-7-19(26)11-22(14)30-24(31)18(12-29)8-16-9-20(27)23(21(28)10-16)34-13-15-3-5-17(6-4-15)25(32)33/h2-11H,13H2,1H3,(H,30,31)(H,32,33)/b18-8+. The molecule has 0 aromatic heterocycles. The van der Waals surface area contributed by atoms with Crippen molar-refractivity contribution in [2.75, 3.05) is 5.32 Å². The van der Waals surface area contributed by atoms with E-state index in [0.29, 0.717) is 16.3 Å². The molecule has 34 heavy (non-hydrogen) atoms. The number of nitrogens with zero attached hydrogens (tertiary/aromatic N) is 1. The minimum absolute atomic E-state index is 0.110. The van der Waals surface area contributed by atoms with Crippen LogP contribution in [-0.2, 0) is 11.4 Å². The SMILES string of the molecule is Cc1ccc(Cl)cc1NC(=O)/C(C#N)=C/c1cc(Cl)c(OCc2ccc(C(=O)O)cc2)c(Cl)c1. The molecule has 6 nitrogen and oxygen atoms in total. The molecule has 172 valence electrons. The number of nitrogens with one attached hydrogen (secondary N) is 1. The number of anilines is 1. The second-order valence-electron chi connectivity index (χ2n) is 7.19. The summed E-state index contributed by atoms with van der Waals surface area (Å²) >= 11 is 18.6. The number of hydrogen-bond acceptors (Lipinski definition) is 4. The number of carboxylic acid groups (broad SMARTS) is 1. The molecule has 0 aliphatic carbocycles. The van der Waals surface area contributed by atoms with Crippen molar-refractivity contribution < 1.29 is 19.4 Å². The van der Waals surface area contributed by atoms with Gasteiger partial charge in [0.1, 0.15) is 18.2 Å². The Hall–Kier alpha value is -3.50. The van der Waals surface area contributed by atoms with Crippen LogP contribution in [0.25, 0.3) is 6.08 Å². The molecule has 0 radical (unpaired) electrons. The van der Waals surface area contributed by atoms with E-state index < -0.39 is 11.9 Å². The van der Waals surface area contributed by atoms with Gasteiger partial charge >= 0.3 is 5.97 Å². The van der Waals surface area contributed by atoms with Crippen LogP contribution in [-0.4, -0.2) is 17.0 Å². The van der Waals surface area contributed by atoms with Gasteiger partial charge in [-0.3, -0.25) is 4.79 Å². The molecule has 0 atom stereocenters. The number of nitriles is 1. The first-order chi connectivity index (χ1) is 16.2. The maximum atomic E-state index is 12.6. The maximum absolute atomic E-state index is 12.6. The summed E-state index contributed by atoms with van der Waals surface area (Å²) in [5.74, 6) is -1.40. The Labute approximate surface area is 210 Å².